The first kappa shape index (κ1) is 9.24. The molecule has 80 valence electrons. The molecule has 0 unspecified atom stereocenters. The largest absolute Gasteiger partial charge is 0.370 e. The van der Waals surface area contributed by atoms with E-state index in [9.17, 15) is 0 Å². The van der Waals surface area contributed by atoms with Gasteiger partial charge in [-0.2, -0.15) is 0 Å². The Morgan fingerprint density at radius 3 is 2.93 bits per heavy atom. The van der Waals surface area contributed by atoms with Gasteiger partial charge in [0.15, 0.2) is 5.82 Å². The topological polar surface area (TPSA) is 47.0 Å². The molecule has 2 heterocycles. The van der Waals surface area contributed by atoms with Crippen molar-refractivity contribution < 1.29 is 4.74 Å². The first-order valence-corrected chi connectivity index (χ1v) is 5.45. The number of fused-ring (bicyclic) bond motifs is 1. The molecule has 0 saturated heterocycles. The molecule has 1 aromatic heterocycles. The number of nitrogens with zero attached hydrogens (tertiary/aromatic N) is 2. The van der Waals surface area contributed by atoms with Crippen molar-refractivity contribution in [3.8, 4) is 0 Å². The number of methoxy groups -OCH3 is 1. The van der Waals surface area contributed by atoms with Gasteiger partial charge >= 0.3 is 0 Å². The highest BCUT2D eigenvalue weighted by Crippen LogP contribution is 2.42. The fraction of sp³-hybridized carbons (Fsp3) is 0.636. The molecule has 0 spiro atoms. The summed E-state index contributed by atoms with van der Waals surface area (Å²) in [6.07, 6.45) is 5.26. The second-order valence-corrected chi connectivity index (χ2v) is 4.32. The lowest BCUT2D eigenvalue weighted by Gasteiger charge is -2.38. The summed E-state index contributed by atoms with van der Waals surface area (Å²) in [4.78, 5) is 9.06. The fourth-order valence-electron chi connectivity index (χ4n) is 2.29. The van der Waals surface area contributed by atoms with E-state index in [0.717, 1.165) is 37.4 Å². The van der Waals surface area contributed by atoms with E-state index >= 15 is 0 Å². The van der Waals surface area contributed by atoms with Gasteiger partial charge in [-0.15, -0.1) is 0 Å². The lowest BCUT2D eigenvalue weighted by atomic mass is 9.79. The van der Waals surface area contributed by atoms with Gasteiger partial charge in [-0.05, 0) is 19.3 Å². The van der Waals surface area contributed by atoms with Crippen molar-refractivity contribution in [1.82, 2.24) is 15.3 Å². The third kappa shape index (κ3) is 1.28. The van der Waals surface area contributed by atoms with Gasteiger partial charge in [-0.1, -0.05) is 0 Å². The van der Waals surface area contributed by atoms with Crippen LogP contribution in [0.5, 0.6) is 0 Å². The summed E-state index contributed by atoms with van der Waals surface area (Å²) in [6, 6.07) is 0. The van der Waals surface area contributed by atoms with Gasteiger partial charge < -0.3 is 10.1 Å². The van der Waals surface area contributed by atoms with E-state index in [1.165, 1.54) is 12.0 Å². The van der Waals surface area contributed by atoms with Gasteiger partial charge in [-0.25, -0.2) is 9.97 Å². The van der Waals surface area contributed by atoms with Gasteiger partial charge in [0.2, 0.25) is 0 Å². The van der Waals surface area contributed by atoms with Gasteiger partial charge in [0.1, 0.15) is 5.60 Å². The van der Waals surface area contributed by atoms with Crippen LogP contribution in [0.25, 0.3) is 0 Å². The number of aromatic nitrogens is 2. The van der Waals surface area contributed by atoms with Crippen LogP contribution >= 0.6 is 0 Å². The summed E-state index contributed by atoms with van der Waals surface area (Å²) in [5.41, 5.74) is 2.19. The molecule has 1 saturated carbocycles. The zero-order chi connectivity index (χ0) is 10.3. The fourth-order valence-corrected chi connectivity index (χ4v) is 2.29. The zero-order valence-corrected chi connectivity index (χ0v) is 8.92. The molecule has 15 heavy (non-hydrogen) atoms. The Morgan fingerprint density at radius 2 is 2.27 bits per heavy atom. The summed E-state index contributed by atoms with van der Waals surface area (Å²) in [5, 5.41) is 3.28. The number of ether oxygens (including phenoxy) is 1. The smallest absolute Gasteiger partial charge is 0.160 e. The normalized spacial score (nSPS) is 22.2. The molecule has 1 fully saturated rings. The summed E-state index contributed by atoms with van der Waals surface area (Å²) >= 11 is 0. The Bertz CT molecular complexity index is 382. The van der Waals surface area contributed by atoms with Crippen LogP contribution in [0.1, 0.15) is 36.3 Å². The monoisotopic (exact) mass is 205 g/mol. The first-order valence-electron chi connectivity index (χ1n) is 5.45. The lowest BCUT2D eigenvalue weighted by molar-refractivity contribution is -0.0848. The summed E-state index contributed by atoms with van der Waals surface area (Å²) in [6.45, 7) is 1.76. The second-order valence-electron chi connectivity index (χ2n) is 4.32. The highest BCUT2D eigenvalue weighted by molar-refractivity contribution is 5.23. The maximum Gasteiger partial charge on any atom is 0.160 e. The Kier molecular flexibility index (Phi) is 2.00. The van der Waals surface area contributed by atoms with Gasteiger partial charge in [0.25, 0.3) is 0 Å². The highest BCUT2D eigenvalue weighted by atomic mass is 16.5. The Labute approximate surface area is 89.1 Å². The predicted molar refractivity (Wildman–Crippen MR) is 55.1 cm³/mol. The van der Waals surface area contributed by atoms with Gasteiger partial charge in [0, 0.05) is 32.0 Å². The number of hydrogen-bond acceptors (Lipinski definition) is 4. The minimum absolute atomic E-state index is 0.183. The molecule has 1 aromatic rings. The highest BCUT2D eigenvalue weighted by Gasteiger charge is 2.42. The van der Waals surface area contributed by atoms with Crippen LogP contribution < -0.4 is 5.32 Å². The quantitative estimate of drug-likeness (QED) is 0.785. The van der Waals surface area contributed by atoms with Crippen molar-refractivity contribution in [2.75, 3.05) is 7.11 Å². The zero-order valence-electron chi connectivity index (χ0n) is 8.92. The van der Waals surface area contributed by atoms with Crippen LogP contribution in [0.3, 0.4) is 0 Å². The molecule has 3 rings (SSSR count). The summed E-state index contributed by atoms with van der Waals surface area (Å²) < 4.78 is 5.57. The standard InChI is InChI=1S/C11H15N3O/c1-15-11(3-2-4-11)10-13-6-8-5-12-7-9(8)14-10/h6,12H,2-5,7H2,1H3. The Morgan fingerprint density at radius 1 is 1.40 bits per heavy atom. The predicted octanol–water partition coefficient (Wildman–Crippen LogP) is 1.11. The van der Waals surface area contributed by atoms with Crippen LogP contribution in [0.2, 0.25) is 0 Å². The Hall–Kier alpha value is -1.00. The minimum Gasteiger partial charge on any atom is -0.370 e. The molecule has 1 N–H and O–H groups in total. The molecule has 0 radical (unpaired) electrons. The SMILES string of the molecule is COC1(c2ncc3c(n2)CNC3)CCC1. The molecule has 0 amide bonds. The molecule has 0 atom stereocenters. The maximum atomic E-state index is 5.57. The van der Waals surface area contributed by atoms with Crippen molar-refractivity contribution in [3.05, 3.63) is 23.3 Å². The third-order valence-electron chi connectivity index (χ3n) is 3.52. The van der Waals surface area contributed by atoms with Gasteiger partial charge in [-0.3, -0.25) is 0 Å². The number of hydrogen-bond donors (Lipinski definition) is 1. The second kappa shape index (κ2) is 3.25. The van der Waals surface area contributed by atoms with E-state index in [2.05, 4.69) is 15.3 Å². The summed E-state index contributed by atoms with van der Waals surface area (Å²) in [7, 11) is 1.76. The minimum atomic E-state index is -0.183. The van der Waals surface area contributed by atoms with Crippen molar-refractivity contribution >= 4 is 0 Å². The average molecular weight is 205 g/mol. The molecular formula is C11H15N3O. The average Bonchev–Trinajstić information content (AvgIpc) is 2.64. The van der Waals surface area contributed by atoms with Crippen LogP contribution in [0, 0.1) is 0 Å². The molecule has 4 heteroatoms. The summed E-state index contributed by atoms with van der Waals surface area (Å²) in [5.74, 6) is 0.874. The Balaban J connectivity index is 1.98. The van der Waals surface area contributed by atoms with E-state index in [0.29, 0.717) is 0 Å². The molecule has 0 bridgehead atoms. The molecule has 4 nitrogen and oxygen atoms in total. The number of nitrogens with one attached hydrogen (secondary N) is 1. The third-order valence-corrected chi connectivity index (χ3v) is 3.52. The van der Waals surface area contributed by atoms with E-state index < -0.39 is 0 Å². The van der Waals surface area contributed by atoms with Crippen molar-refractivity contribution in [2.45, 2.75) is 38.0 Å². The van der Waals surface area contributed by atoms with Crippen molar-refractivity contribution in [3.63, 3.8) is 0 Å². The molecule has 2 aliphatic rings. The number of rotatable bonds is 2. The van der Waals surface area contributed by atoms with E-state index in [1.807, 2.05) is 6.20 Å². The van der Waals surface area contributed by atoms with E-state index in [-0.39, 0.29) is 5.60 Å². The molecular weight excluding hydrogens is 190 g/mol. The van der Waals surface area contributed by atoms with Crippen LogP contribution in [-0.4, -0.2) is 17.1 Å². The van der Waals surface area contributed by atoms with Gasteiger partial charge in [0.05, 0.1) is 5.69 Å². The lowest BCUT2D eigenvalue weighted by Crippen LogP contribution is -2.38. The van der Waals surface area contributed by atoms with Crippen LogP contribution in [-0.2, 0) is 23.4 Å². The molecule has 0 aromatic carbocycles. The molecule has 1 aliphatic heterocycles. The van der Waals surface area contributed by atoms with Crippen LogP contribution in [0.4, 0.5) is 0 Å². The van der Waals surface area contributed by atoms with Crippen molar-refractivity contribution in [1.29, 1.82) is 0 Å². The van der Waals surface area contributed by atoms with Crippen LogP contribution in [0.15, 0.2) is 6.20 Å². The first-order chi connectivity index (χ1) is 7.34. The van der Waals surface area contributed by atoms with E-state index in [1.54, 1.807) is 7.11 Å². The maximum absolute atomic E-state index is 5.57. The van der Waals surface area contributed by atoms with E-state index in [4.69, 9.17) is 4.74 Å². The van der Waals surface area contributed by atoms with Crippen molar-refractivity contribution in [2.24, 2.45) is 0 Å². The molecule has 1 aliphatic carbocycles.